The number of para-hydroxylation sites is 2. The third-order valence-corrected chi connectivity index (χ3v) is 5.79. The summed E-state index contributed by atoms with van der Waals surface area (Å²) in [4.78, 5) is 20.9. The molecular formula is C27H21ClN4O3. The van der Waals surface area contributed by atoms with Crippen molar-refractivity contribution in [1.29, 1.82) is 0 Å². The van der Waals surface area contributed by atoms with Crippen molar-refractivity contribution in [3.05, 3.63) is 105 Å². The molecule has 8 heteroatoms. The zero-order chi connectivity index (χ0) is 24.4. The Bertz CT molecular complexity index is 1560. The maximum Gasteiger partial charge on any atom is 0.337 e. The van der Waals surface area contributed by atoms with Gasteiger partial charge in [0.1, 0.15) is 5.75 Å². The molecule has 2 aliphatic heterocycles. The van der Waals surface area contributed by atoms with Gasteiger partial charge in [-0.3, -0.25) is 4.99 Å². The first-order chi connectivity index (χ1) is 17.0. The van der Waals surface area contributed by atoms with Crippen LogP contribution in [0.1, 0.15) is 22.8 Å². The quantitative estimate of drug-likeness (QED) is 0.513. The van der Waals surface area contributed by atoms with Gasteiger partial charge in [0, 0.05) is 39.0 Å². The number of rotatable bonds is 5. The number of nitrogens with one attached hydrogen (secondary N) is 2. The number of halogens is 1. The number of fused-ring (bicyclic) bond motifs is 2. The predicted molar refractivity (Wildman–Crippen MR) is 138 cm³/mol. The highest BCUT2D eigenvalue weighted by atomic mass is 35.5. The minimum absolute atomic E-state index is 0.148. The van der Waals surface area contributed by atoms with Gasteiger partial charge in [0.25, 0.3) is 0 Å². The van der Waals surface area contributed by atoms with Crippen molar-refractivity contribution in [2.24, 2.45) is 9.98 Å². The monoisotopic (exact) mass is 484 g/mol. The van der Waals surface area contributed by atoms with E-state index in [4.69, 9.17) is 21.3 Å². The van der Waals surface area contributed by atoms with Crippen LogP contribution in [0, 0.1) is 0 Å². The average Bonchev–Trinajstić information content (AvgIpc) is 3.01. The van der Waals surface area contributed by atoms with Crippen LogP contribution >= 0.6 is 11.6 Å². The summed E-state index contributed by atoms with van der Waals surface area (Å²) in [6, 6.07) is 20.0. The molecule has 0 fully saturated rings. The zero-order valence-corrected chi connectivity index (χ0v) is 19.5. The summed E-state index contributed by atoms with van der Waals surface area (Å²) >= 11 is 6.41. The Morgan fingerprint density at radius 1 is 1.09 bits per heavy atom. The number of guanidine groups is 1. The second kappa shape index (κ2) is 9.48. The van der Waals surface area contributed by atoms with Crippen LogP contribution in [0.15, 0.2) is 88.5 Å². The molecule has 0 aliphatic carbocycles. The fraction of sp³-hybridized carbons (Fsp3) is 0.0741. The molecule has 0 atom stereocenters. The number of aromatic carboxylic acids is 1. The third kappa shape index (κ3) is 4.41. The van der Waals surface area contributed by atoms with Crippen LogP contribution in [0.2, 0.25) is 5.02 Å². The van der Waals surface area contributed by atoms with Crippen LogP contribution in [0.4, 0.5) is 5.69 Å². The Balaban J connectivity index is 1.66. The summed E-state index contributed by atoms with van der Waals surface area (Å²) in [6.07, 6.45) is 3.44. The molecule has 0 saturated heterocycles. The number of benzene rings is 3. The molecule has 3 aromatic rings. The molecule has 35 heavy (non-hydrogen) atoms. The highest BCUT2D eigenvalue weighted by Crippen LogP contribution is 2.27. The van der Waals surface area contributed by atoms with Crippen LogP contribution in [0.3, 0.4) is 0 Å². The number of hydrogen-bond donors (Lipinski definition) is 3. The lowest BCUT2D eigenvalue weighted by molar-refractivity contribution is 0.0698. The lowest BCUT2D eigenvalue weighted by atomic mass is 10.1. The van der Waals surface area contributed by atoms with E-state index in [0.717, 1.165) is 38.7 Å². The van der Waals surface area contributed by atoms with E-state index in [1.165, 1.54) is 6.07 Å². The van der Waals surface area contributed by atoms with Gasteiger partial charge < -0.3 is 20.5 Å². The Kier molecular flexibility index (Phi) is 6.08. The van der Waals surface area contributed by atoms with E-state index >= 15 is 0 Å². The van der Waals surface area contributed by atoms with Crippen molar-refractivity contribution in [3.63, 3.8) is 0 Å². The fourth-order valence-corrected chi connectivity index (χ4v) is 4.18. The minimum atomic E-state index is -1.03. The van der Waals surface area contributed by atoms with Gasteiger partial charge in [-0.05, 0) is 43.3 Å². The van der Waals surface area contributed by atoms with E-state index in [2.05, 4.69) is 15.6 Å². The van der Waals surface area contributed by atoms with E-state index in [1.54, 1.807) is 30.6 Å². The molecule has 3 N–H and O–H groups in total. The van der Waals surface area contributed by atoms with Gasteiger partial charge in [0.2, 0.25) is 5.96 Å². The second-order valence-electron chi connectivity index (χ2n) is 7.76. The maximum atomic E-state index is 11.6. The van der Waals surface area contributed by atoms with Crippen molar-refractivity contribution in [2.45, 2.75) is 6.92 Å². The van der Waals surface area contributed by atoms with Gasteiger partial charge in [-0.2, -0.15) is 0 Å². The fourth-order valence-electron chi connectivity index (χ4n) is 4.00. The lowest BCUT2D eigenvalue weighted by Crippen LogP contribution is -2.39. The van der Waals surface area contributed by atoms with E-state index in [1.807, 2.05) is 49.4 Å². The number of carboxylic acids is 1. The van der Waals surface area contributed by atoms with E-state index in [-0.39, 0.29) is 5.56 Å². The Hall–Kier alpha value is -4.36. The molecule has 0 radical (unpaired) electrons. The summed E-state index contributed by atoms with van der Waals surface area (Å²) in [5.41, 5.74) is 3.70. The highest BCUT2D eigenvalue weighted by Gasteiger charge is 2.20. The first-order valence-corrected chi connectivity index (χ1v) is 11.4. The molecule has 174 valence electrons. The van der Waals surface area contributed by atoms with E-state index < -0.39 is 5.97 Å². The molecule has 0 amide bonds. The SMILES string of the molecule is CCOc1ccccc1C1=c2cc(Cl)ccc2=C2NC(Nc3ccccc3C(=O)O)=NC=C2C=N1. The molecule has 0 spiro atoms. The van der Waals surface area contributed by atoms with Crippen LogP contribution in [-0.2, 0) is 0 Å². The second-order valence-corrected chi connectivity index (χ2v) is 8.20. The number of ether oxygens (including phenoxy) is 1. The van der Waals surface area contributed by atoms with Crippen LogP contribution in [0.5, 0.6) is 5.75 Å². The average molecular weight is 485 g/mol. The van der Waals surface area contributed by atoms with Crippen molar-refractivity contribution in [1.82, 2.24) is 5.32 Å². The van der Waals surface area contributed by atoms with Crippen LogP contribution in [0.25, 0.3) is 11.4 Å². The summed E-state index contributed by atoms with van der Waals surface area (Å²) < 4.78 is 5.86. The highest BCUT2D eigenvalue weighted by molar-refractivity contribution is 6.30. The normalized spacial score (nSPS) is 14.1. The first kappa shape index (κ1) is 22.4. The predicted octanol–water partition coefficient (Wildman–Crippen LogP) is 3.74. The molecule has 0 bridgehead atoms. The molecule has 2 heterocycles. The molecule has 3 aromatic carbocycles. The Morgan fingerprint density at radius 3 is 2.71 bits per heavy atom. The van der Waals surface area contributed by atoms with Crippen LogP contribution < -0.4 is 25.8 Å². The number of carbonyl (C=O) groups is 1. The standard InChI is InChI=1S/C27H21ClN4O3/c1-2-35-23-10-6-4-8-20(23)25-21-13-17(28)11-12-18(21)24-16(14-29-25)15-30-27(32-24)31-22-9-5-3-7-19(22)26(33)34/h3-15H,2H2,1H3,(H,33,34)(H2,30,31,32). The number of carboxylic acid groups (broad SMARTS) is 1. The van der Waals surface area contributed by atoms with E-state index in [0.29, 0.717) is 23.3 Å². The van der Waals surface area contributed by atoms with Gasteiger partial charge in [0.15, 0.2) is 0 Å². The summed E-state index contributed by atoms with van der Waals surface area (Å²) in [6.45, 7) is 2.47. The summed E-state index contributed by atoms with van der Waals surface area (Å²) in [7, 11) is 0. The lowest BCUT2D eigenvalue weighted by Gasteiger charge is -2.19. The third-order valence-electron chi connectivity index (χ3n) is 5.56. The van der Waals surface area contributed by atoms with Gasteiger partial charge in [-0.25, -0.2) is 9.79 Å². The van der Waals surface area contributed by atoms with Crippen LogP contribution in [-0.4, -0.2) is 29.9 Å². The van der Waals surface area contributed by atoms with Crippen molar-refractivity contribution < 1.29 is 14.6 Å². The van der Waals surface area contributed by atoms with Gasteiger partial charge in [-0.1, -0.05) is 41.9 Å². The summed E-state index contributed by atoms with van der Waals surface area (Å²) in [5, 5.41) is 18.2. The van der Waals surface area contributed by atoms with Crippen molar-refractivity contribution in [2.75, 3.05) is 11.9 Å². The zero-order valence-electron chi connectivity index (χ0n) is 18.7. The van der Waals surface area contributed by atoms with E-state index in [9.17, 15) is 9.90 Å². The number of hydrogen-bond acceptors (Lipinski definition) is 6. The minimum Gasteiger partial charge on any atom is -0.493 e. The number of aliphatic imine (C=N–C) groups is 2. The smallest absolute Gasteiger partial charge is 0.337 e. The summed E-state index contributed by atoms with van der Waals surface area (Å²) in [5.74, 6) is 0.0980. The Labute approximate surface area is 206 Å². The van der Waals surface area contributed by atoms with Gasteiger partial charge in [-0.15, -0.1) is 0 Å². The number of anilines is 1. The topological polar surface area (TPSA) is 95.3 Å². The van der Waals surface area contributed by atoms with Gasteiger partial charge in [0.05, 0.1) is 29.3 Å². The molecule has 0 aromatic heterocycles. The Morgan fingerprint density at radius 2 is 1.89 bits per heavy atom. The largest absolute Gasteiger partial charge is 0.493 e. The molecule has 0 unspecified atom stereocenters. The molecule has 0 saturated carbocycles. The molecule has 7 nitrogen and oxygen atoms in total. The molecule has 2 aliphatic rings. The maximum absolute atomic E-state index is 11.6. The van der Waals surface area contributed by atoms with Crippen molar-refractivity contribution >= 4 is 46.8 Å². The number of nitrogens with zero attached hydrogens (tertiary/aromatic N) is 2. The molecular weight excluding hydrogens is 464 g/mol. The molecule has 5 rings (SSSR count). The van der Waals surface area contributed by atoms with Gasteiger partial charge >= 0.3 is 5.97 Å². The van der Waals surface area contributed by atoms with Crippen molar-refractivity contribution in [3.8, 4) is 5.75 Å². The first-order valence-electron chi connectivity index (χ1n) is 11.0.